The van der Waals surface area contributed by atoms with Gasteiger partial charge in [0.05, 0.1) is 0 Å². The minimum absolute atomic E-state index is 0.150. The minimum atomic E-state index is -0.850. The third-order valence-corrected chi connectivity index (χ3v) is 4.59. The zero-order valence-corrected chi connectivity index (χ0v) is 14.2. The van der Waals surface area contributed by atoms with Crippen LogP contribution >= 0.6 is 0 Å². The zero-order chi connectivity index (χ0) is 17.6. The largest absolute Gasteiger partial charge is 0.448 e. The van der Waals surface area contributed by atoms with E-state index in [4.69, 9.17) is 9.15 Å². The maximum atomic E-state index is 12.5. The van der Waals surface area contributed by atoms with Gasteiger partial charge in [0.15, 0.2) is 6.10 Å². The lowest BCUT2D eigenvalue weighted by atomic mass is 10.1. The normalized spacial score (nSPS) is 15.3. The molecule has 1 heterocycles. The van der Waals surface area contributed by atoms with E-state index in [-0.39, 0.29) is 17.7 Å². The molecule has 128 valence electrons. The van der Waals surface area contributed by atoms with Crippen LogP contribution in [0.25, 0.3) is 21.7 Å². The van der Waals surface area contributed by atoms with E-state index in [9.17, 15) is 9.59 Å². The van der Waals surface area contributed by atoms with Crippen LogP contribution in [-0.4, -0.2) is 24.0 Å². The Balaban J connectivity index is 1.64. The van der Waals surface area contributed by atoms with E-state index in [2.05, 4.69) is 5.32 Å². The molecule has 4 rings (SSSR count). The number of hydrogen-bond donors (Lipinski definition) is 1. The molecule has 1 amide bonds. The highest BCUT2D eigenvalue weighted by Gasteiger charge is 2.29. The number of benzene rings is 2. The molecule has 25 heavy (non-hydrogen) atoms. The van der Waals surface area contributed by atoms with Crippen molar-refractivity contribution >= 4 is 33.6 Å². The van der Waals surface area contributed by atoms with Gasteiger partial charge in [0.2, 0.25) is 5.76 Å². The Bertz CT molecular complexity index is 984. The van der Waals surface area contributed by atoms with E-state index >= 15 is 0 Å². The van der Waals surface area contributed by atoms with Crippen LogP contribution in [0.15, 0.2) is 40.8 Å². The summed E-state index contributed by atoms with van der Waals surface area (Å²) in [6.45, 7) is 3.40. The van der Waals surface area contributed by atoms with Gasteiger partial charge in [-0.3, -0.25) is 4.79 Å². The second kappa shape index (κ2) is 5.92. The number of carbonyl (C=O) groups is 2. The summed E-state index contributed by atoms with van der Waals surface area (Å²) >= 11 is 0. The van der Waals surface area contributed by atoms with Crippen LogP contribution in [0.2, 0.25) is 0 Å². The number of carbonyl (C=O) groups excluding carboxylic acids is 2. The number of furan rings is 1. The fourth-order valence-electron chi connectivity index (χ4n) is 2.96. The van der Waals surface area contributed by atoms with Gasteiger partial charge in [-0.05, 0) is 32.1 Å². The van der Waals surface area contributed by atoms with Gasteiger partial charge in [-0.2, -0.15) is 0 Å². The molecule has 1 aromatic heterocycles. The molecule has 0 aliphatic heterocycles. The monoisotopic (exact) mass is 337 g/mol. The van der Waals surface area contributed by atoms with Gasteiger partial charge in [-0.15, -0.1) is 0 Å². The second-order valence-electron chi connectivity index (χ2n) is 6.55. The first-order valence-electron chi connectivity index (χ1n) is 8.47. The third kappa shape index (κ3) is 2.86. The number of rotatable bonds is 4. The zero-order valence-electron chi connectivity index (χ0n) is 14.2. The molecule has 0 radical (unpaired) electrons. The number of ether oxygens (including phenoxy) is 1. The van der Waals surface area contributed by atoms with Crippen molar-refractivity contribution in [3.63, 3.8) is 0 Å². The fourth-order valence-corrected chi connectivity index (χ4v) is 2.96. The topological polar surface area (TPSA) is 68.5 Å². The van der Waals surface area contributed by atoms with E-state index in [0.717, 1.165) is 34.6 Å². The van der Waals surface area contributed by atoms with Crippen LogP contribution in [0.1, 0.15) is 35.9 Å². The van der Waals surface area contributed by atoms with Gasteiger partial charge < -0.3 is 14.5 Å². The molecule has 5 heteroatoms. The molecule has 0 bridgehead atoms. The summed E-state index contributed by atoms with van der Waals surface area (Å²) < 4.78 is 11.1. The van der Waals surface area contributed by atoms with Crippen LogP contribution in [0.4, 0.5) is 0 Å². The van der Waals surface area contributed by atoms with Gasteiger partial charge in [0.25, 0.3) is 5.91 Å². The molecule has 2 aromatic carbocycles. The van der Waals surface area contributed by atoms with Crippen LogP contribution in [0, 0.1) is 6.92 Å². The minimum Gasteiger partial charge on any atom is -0.448 e. The number of aryl methyl sites for hydroxylation is 1. The van der Waals surface area contributed by atoms with E-state index in [0.29, 0.717) is 5.58 Å². The average molecular weight is 337 g/mol. The Kier molecular flexibility index (Phi) is 3.71. The molecule has 5 nitrogen and oxygen atoms in total. The van der Waals surface area contributed by atoms with E-state index < -0.39 is 12.1 Å². The number of hydrogen-bond acceptors (Lipinski definition) is 4. The summed E-state index contributed by atoms with van der Waals surface area (Å²) in [4.78, 5) is 24.5. The second-order valence-corrected chi connectivity index (χ2v) is 6.55. The average Bonchev–Trinajstić information content (AvgIpc) is 3.35. The molecular weight excluding hydrogens is 318 g/mol. The molecule has 1 N–H and O–H groups in total. The highest BCUT2D eigenvalue weighted by molar-refractivity contribution is 6.08. The lowest BCUT2D eigenvalue weighted by Crippen LogP contribution is -2.37. The van der Waals surface area contributed by atoms with Gasteiger partial charge in [-0.25, -0.2) is 4.79 Å². The van der Waals surface area contributed by atoms with Crippen molar-refractivity contribution in [3.8, 4) is 0 Å². The standard InChI is InChI=1S/C20H19NO4/c1-11-15-10-7-13-5-3-4-6-16(13)18(15)25-17(11)20(23)24-12(2)19(22)21-14-8-9-14/h3-7,10,12,14H,8-9H2,1-2H3,(H,21,22). The summed E-state index contributed by atoms with van der Waals surface area (Å²) in [6, 6.07) is 12.0. The molecule has 0 saturated heterocycles. The Morgan fingerprint density at radius 2 is 1.92 bits per heavy atom. The molecule has 1 aliphatic rings. The smallest absolute Gasteiger partial charge is 0.375 e. The molecule has 1 fully saturated rings. The van der Waals surface area contributed by atoms with Crippen LogP contribution in [-0.2, 0) is 9.53 Å². The Labute approximate surface area is 144 Å². The molecule has 3 aromatic rings. The molecule has 1 atom stereocenters. The highest BCUT2D eigenvalue weighted by atomic mass is 16.6. The van der Waals surface area contributed by atoms with Gasteiger partial charge >= 0.3 is 5.97 Å². The Hall–Kier alpha value is -2.82. The first-order valence-corrected chi connectivity index (χ1v) is 8.47. The maximum Gasteiger partial charge on any atom is 0.375 e. The van der Waals surface area contributed by atoms with Crippen molar-refractivity contribution in [2.75, 3.05) is 0 Å². The predicted molar refractivity (Wildman–Crippen MR) is 94.5 cm³/mol. The molecule has 1 unspecified atom stereocenters. The summed E-state index contributed by atoms with van der Waals surface area (Å²) in [7, 11) is 0. The van der Waals surface area contributed by atoms with Crippen LogP contribution in [0.5, 0.6) is 0 Å². The van der Waals surface area contributed by atoms with Crippen molar-refractivity contribution < 1.29 is 18.7 Å². The van der Waals surface area contributed by atoms with Gasteiger partial charge in [-0.1, -0.05) is 36.4 Å². The predicted octanol–water partition coefficient (Wildman–Crippen LogP) is 3.72. The number of nitrogens with one attached hydrogen (secondary N) is 1. The highest BCUT2D eigenvalue weighted by Crippen LogP contribution is 2.32. The Morgan fingerprint density at radius 1 is 1.16 bits per heavy atom. The Morgan fingerprint density at radius 3 is 2.68 bits per heavy atom. The SMILES string of the molecule is Cc1c(C(=O)OC(C)C(=O)NC2CC2)oc2c1ccc1ccccc12. The quantitative estimate of drug-likeness (QED) is 0.737. The molecule has 1 aliphatic carbocycles. The van der Waals surface area contributed by atoms with Crippen LogP contribution < -0.4 is 5.32 Å². The molecule has 0 spiro atoms. The van der Waals surface area contributed by atoms with Gasteiger partial charge in [0.1, 0.15) is 5.58 Å². The summed E-state index contributed by atoms with van der Waals surface area (Å²) in [6.07, 6.45) is 1.13. The van der Waals surface area contributed by atoms with Gasteiger partial charge in [0, 0.05) is 22.4 Å². The van der Waals surface area contributed by atoms with E-state index in [1.165, 1.54) is 0 Å². The summed E-state index contributed by atoms with van der Waals surface area (Å²) in [5.74, 6) is -0.733. The van der Waals surface area contributed by atoms with Crippen molar-refractivity contribution in [1.82, 2.24) is 5.32 Å². The van der Waals surface area contributed by atoms with Crippen molar-refractivity contribution in [2.24, 2.45) is 0 Å². The van der Waals surface area contributed by atoms with Crippen molar-refractivity contribution in [2.45, 2.75) is 38.8 Å². The van der Waals surface area contributed by atoms with Crippen molar-refractivity contribution in [1.29, 1.82) is 0 Å². The molecule has 1 saturated carbocycles. The number of amides is 1. The first-order chi connectivity index (χ1) is 12.0. The molecular formula is C20H19NO4. The van der Waals surface area contributed by atoms with Crippen LogP contribution in [0.3, 0.4) is 0 Å². The maximum absolute atomic E-state index is 12.5. The van der Waals surface area contributed by atoms with E-state index in [1.54, 1.807) is 6.92 Å². The number of esters is 1. The van der Waals surface area contributed by atoms with E-state index in [1.807, 2.05) is 43.3 Å². The lowest BCUT2D eigenvalue weighted by Gasteiger charge is -2.12. The first kappa shape index (κ1) is 15.7. The number of fused-ring (bicyclic) bond motifs is 3. The third-order valence-electron chi connectivity index (χ3n) is 4.59. The summed E-state index contributed by atoms with van der Waals surface area (Å²) in [5.41, 5.74) is 1.39. The fraction of sp³-hybridized carbons (Fsp3) is 0.300. The lowest BCUT2D eigenvalue weighted by molar-refractivity contribution is -0.129. The summed E-state index contributed by atoms with van der Waals surface area (Å²) in [5, 5.41) is 5.69. The van der Waals surface area contributed by atoms with Crippen molar-refractivity contribution in [3.05, 3.63) is 47.7 Å².